The van der Waals surface area contributed by atoms with Gasteiger partial charge in [-0.2, -0.15) is 9.57 Å². The Morgan fingerprint density at radius 1 is 1.07 bits per heavy atom. The van der Waals surface area contributed by atoms with Crippen LogP contribution in [-0.4, -0.2) is 73.7 Å². The van der Waals surface area contributed by atoms with E-state index in [9.17, 15) is 22.9 Å². The first kappa shape index (κ1) is 22.7. The maximum Gasteiger partial charge on any atom is 0.243 e. The van der Waals surface area contributed by atoms with Gasteiger partial charge in [0.05, 0.1) is 11.0 Å². The van der Waals surface area contributed by atoms with Crippen molar-refractivity contribution in [3.05, 3.63) is 30.1 Å². The number of hydrogen-bond donors (Lipinski definition) is 0. The van der Waals surface area contributed by atoms with E-state index in [0.29, 0.717) is 39.0 Å². The molecule has 0 bridgehead atoms. The summed E-state index contributed by atoms with van der Waals surface area (Å²) in [5.41, 5.74) is 0. The van der Waals surface area contributed by atoms with E-state index in [1.54, 1.807) is 0 Å². The Bertz CT molecular complexity index is 882. The second-order valence-electron chi connectivity index (χ2n) is 8.31. The maximum absolute atomic E-state index is 13.1. The molecular formula is C21H29FN4O3S. The molecule has 1 unspecified atom stereocenters. The van der Waals surface area contributed by atoms with Crippen LogP contribution in [0, 0.1) is 29.0 Å². The fourth-order valence-corrected chi connectivity index (χ4v) is 5.70. The van der Waals surface area contributed by atoms with Gasteiger partial charge in [-0.15, -0.1) is 0 Å². The zero-order valence-corrected chi connectivity index (χ0v) is 18.3. The highest BCUT2D eigenvalue weighted by molar-refractivity contribution is 7.89. The zero-order chi connectivity index (χ0) is 21.9. The molecule has 9 heteroatoms. The lowest BCUT2D eigenvalue weighted by Gasteiger charge is -2.40. The predicted octanol–water partition coefficient (Wildman–Crippen LogP) is 1.92. The van der Waals surface area contributed by atoms with Gasteiger partial charge in [0, 0.05) is 45.2 Å². The van der Waals surface area contributed by atoms with Gasteiger partial charge in [0.25, 0.3) is 0 Å². The Kier molecular flexibility index (Phi) is 7.11. The average molecular weight is 437 g/mol. The number of benzene rings is 1. The van der Waals surface area contributed by atoms with Gasteiger partial charge in [0.1, 0.15) is 11.9 Å². The van der Waals surface area contributed by atoms with Gasteiger partial charge in [-0.25, -0.2) is 12.8 Å². The lowest BCUT2D eigenvalue weighted by atomic mass is 9.96. The number of hydrogen-bond acceptors (Lipinski definition) is 5. The number of piperidine rings is 1. The summed E-state index contributed by atoms with van der Waals surface area (Å²) < 4.78 is 39.9. The van der Waals surface area contributed by atoms with Crippen LogP contribution in [0.3, 0.4) is 0 Å². The van der Waals surface area contributed by atoms with Crippen molar-refractivity contribution in [1.82, 2.24) is 14.1 Å². The van der Waals surface area contributed by atoms with Crippen LogP contribution in [-0.2, 0) is 14.8 Å². The highest BCUT2D eigenvalue weighted by Crippen LogP contribution is 2.26. The van der Waals surface area contributed by atoms with Gasteiger partial charge < -0.3 is 4.90 Å². The third-order valence-electron chi connectivity index (χ3n) is 6.04. The smallest absolute Gasteiger partial charge is 0.243 e. The first-order valence-corrected chi connectivity index (χ1v) is 11.9. The molecule has 7 nitrogen and oxygen atoms in total. The molecule has 0 saturated carbocycles. The number of carbonyl (C=O) groups excluding carboxylic acids is 1. The molecule has 1 atom stereocenters. The number of amides is 1. The summed E-state index contributed by atoms with van der Waals surface area (Å²) in [4.78, 5) is 17.0. The van der Waals surface area contributed by atoms with E-state index in [1.165, 1.54) is 16.4 Å². The zero-order valence-electron chi connectivity index (χ0n) is 17.5. The minimum Gasteiger partial charge on any atom is -0.340 e. The van der Waals surface area contributed by atoms with Gasteiger partial charge in [-0.1, -0.05) is 13.8 Å². The fraction of sp³-hybridized carbons (Fsp3) is 0.619. The van der Waals surface area contributed by atoms with Crippen LogP contribution in [0.1, 0.15) is 26.7 Å². The monoisotopic (exact) mass is 436 g/mol. The molecule has 0 N–H and O–H groups in total. The topological polar surface area (TPSA) is 84.7 Å². The molecule has 0 aromatic heterocycles. The number of nitriles is 1. The largest absolute Gasteiger partial charge is 0.340 e. The fourth-order valence-electron chi connectivity index (χ4n) is 4.23. The molecule has 1 amide bonds. The lowest BCUT2D eigenvalue weighted by Crippen LogP contribution is -2.54. The van der Waals surface area contributed by atoms with Crippen molar-refractivity contribution < 1.29 is 17.6 Å². The van der Waals surface area contributed by atoms with Crippen molar-refractivity contribution in [3.8, 4) is 6.07 Å². The molecule has 0 spiro atoms. The Hall–Kier alpha value is -2.02. The minimum atomic E-state index is -3.68. The quantitative estimate of drug-likeness (QED) is 0.704. The first-order chi connectivity index (χ1) is 14.2. The van der Waals surface area contributed by atoms with E-state index in [0.717, 1.165) is 12.1 Å². The third kappa shape index (κ3) is 4.82. The van der Waals surface area contributed by atoms with Crippen molar-refractivity contribution >= 4 is 15.9 Å². The van der Waals surface area contributed by atoms with Gasteiger partial charge >= 0.3 is 0 Å². The van der Waals surface area contributed by atoms with Crippen LogP contribution in [0.2, 0.25) is 0 Å². The van der Waals surface area contributed by atoms with Crippen molar-refractivity contribution in [3.63, 3.8) is 0 Å². The second-order valence-corrected chi connectivity index (χ2v) is 10.2. The molecule has 1 aromatic carbocycles. The molecule has 2 saturated heterocycles. The predicted molar refractivity (Wildman–Crippen MR) is 110 cm³/mol. The molecule has 30 heavy (non-hydrogen) atoms. The minimum absolute atomic E-state index is 0.0713. The Balaban J connectivity index is 1.54. The molecule has 0 radical (unpaired) electrons. The summed E-state index contributed by atoms with van der Waals surface area (Å²) in [6.07, 6.45) is 0.957. The number of piperazine rings is 1. The van der Waals surface area contributed by atoms with Gasteiger partial charge in [-0.3, -0.25) is 9.69 Å². The molecule has 3 rings (SSSR count). The summed E-state index contributed by atoms with van der Waals surface area (Å²) >= 11 is 0. The van der Waals surface area contributed by atoms with Crippen LogP contribution in [0.5, 0.6) is 0 Å². The molecule has 0 aliphatic carbocycles. The molecule has 2 aliphatic heterocycles. The van der Waals surface area contributed by atoms with E-state index in [2.05, 4.69) is 11.0 Å². The van der Waals surface area contributed by atoms with Crippen molar-refractivity contribution in [1.29, 1.82) is 5.26 Å². The van der Waals surface area contributed by atoms with Crippen LogP contribution in [0.15, 0.2) is 29.2 Å². The van der Waals surface area contributed by atoms with Gasteiger partial charge in [-0.05, 0) is 43.0 Å². The van der Waals surface area contributed by atoms with Gasteiger partial charge in [0.15, 0.2) is 0 Å². The SMILES string of the molecule is CC(C)C(C#N)N1CCN(C(=O)C2CCN(S(=O)(=O)c3ccc(F)cc3)CC2)CC1. The molecule has 2 fully saturated rings. The van der Waals surface area contributed by atoms with Crippen molar-refractivity contribution in [2.45, 2.75) is 37.6 Å². The summed E-state index contributed by atoms with van der Waals surface area (Å²) in [6, 6.07) is 7.03. The number of rotatable bonds is 5. The summed E-state index contributed by atoms with van der Waals surface area (Å²) in [7, 11) is -3.68. The van der Waals surface area contributed by atoms with Crippen molar-refractivity contribution in [2.24, 2.45) is 11.8 Å². The Morgan fingerprint density at radius 3 is 2.13 bits per heavy atom. The highest BCUT2D eigenvalue weighted by Gasteiger charge is 2.35. The number of sulfonamides is 1. The first-order valence-electron chi connectivity index (χ1n) is 10.4. The van der Waals surface area contributed by atoms with Crippen LogP contribution in [0.4, 0.5) is 4.39 Å². The van der Waals surface area contributed by atoms with Crippen LogP contribution >= 0.6 is 0 Å². The normalized spacial score (nSPS) is 20.8. The van der Waals surface area contributed by atoms with Crippen molar-refractivity contribution in [2.75, 3.05) is 39.3 Å². The van der Waals surface area contributed by atoms with Gasteiger partial charge in [0.2, 0.25) is 15.9 Å². The Morgan fingerprint density at radius 2 is 1.63 bits per heavy atom. The van der Waals surface area contributed by atoms with E-state index < -0.39 is 15.8 Å². The standard InChI is InChI=1S/C21H29FN4O3S/c1-16(2)20(15-23)24-11-13-25(14-12-24)21(27)17-7-9-26(10-8-17)30(28,29)19-5-3-18(22)4-6-19/h3-6,16-17,20H,7-14H2,1-2H3. The lowest BCUT2D eigenvalue weighted by molar-refractivity contribution is -0.138. The molecule has 1 aromatic rings. The summed E-state index contributed by atoms with van der Waals surface area (Å²) in [6.45, 7) is 7.16. The highest BCUT2D eigenvalue weighted by atomic mass is 32.2. The number of halogens is 1. The molecular weight excluding hydrogens is 407 g/mol. The second kappa shape index (κ2) is 9.41. The Labute approximate surface area is 178 Å². The van der Waals surface area contributed by atoms with Crippen LogP contribution in [0.25, 0.3) is 0 Å². The van der Waals surface area contributed by atoms with E-state index in [4.69, 9.17) is 0 Å². The van der Waals surface area contributed by atoms with E-state index >= 15 is 0 Å². The average Bonchev–Trinajstić information content (AvgIpc) is 2.74. The van der Waals surface area contributed by atoms with Crippen LogP contribution < -0.4 is 0 Å². The van der Waals surface area contributed by atoms with E-state index in [1.807, 2.05) is 18.7 Å². The third-order valence-corrected chi connectivity index (χ3v) is 7.95. The summed E-state index contributed by atoms with van der Waals surface area (Å²) in [5, 5.41) is 9.37. The number of nitrogens with zero attached hydrogens (tertiary/aromatic N) is 4. The molecule has 164 valence electrons. The maximum atomic E-state index is 13.1. The summed E-state index contributed by atoms with van der Waals surface area (Å²) in [5.74, 6) is -0.350. The number of carbonyl (C=O) groups is 1. The van der Waals surface area contributed by atoms with E-state index in [-0.39, 0.29) is 41.8 Å². The molecule has 2 aliphatic rings. The molecule has 2 heterocycles.